The quantitative estimate of drug-likeness (QED) is 0.854. The predicted octanol–water partition coefficient (Wildman–Crippen LogP) is 1.17. The summed E-state index contributed by atoms with van der Waals surface area (Å²) < 4.78 is 16.3. The Kier molecular flexibility index (Phi) is 6.03. The smallest absolute Gasteiger partial charge is 0.255 e. The second-order valence-electron chi connectivity index (χ2n) is 5.51. The molecular formula is C16H24N2O4. The highest BCUT2D eigenvalue weighted by atomic mass is 16.5. The Morgan fingerprint density at radius 3 is 3.00 bits per heavy atom. The zero-order valence-electron chi connectivity index (χ0n) is 13.2. The molecule has 0 aliphatic carbocycles. The van der Waals surface area contributed by atoms with Crippen LogP contribution in [0.2, 0.25) is 0 Å². The van der Waals surface area contributed by atoms with Crippen molar-refractivity contribution in [3.8, 4) is 11.5 Å². The molecule has 1 atom stereocenters. The number of ether oxygens (including phenoxy) is 3. The van der Waals surface area contributed by atoms with Gasteiger partial charge in [-0.15, -0.1) is 0 Å². The van der Waals surface area contributed by atoms with Crippen LogP contribution in [0.15, 0.2) is 18.2 Å². The molecule has 1 heterocycles. The van der Waals surface area contributed by atoms with Gasteiger partial charge in [0.15, 0.2) is 18.1 Å². The molecule has 0 radical (unpaired) electrons. The van der Waals surface area contributed by atoms with E-state index in [1.54, 1.807) is 7.11 Å². The van der Waals surface area contributed by atoms with Gasteiger partial charge in [0.2, 0.25) is 0 Å². The zero-order valence-corrected chi connectivity index (χ0v) is 13.2. The summed E-state index contributed by atoms with van der Waals surface area (Å²) >= 11 is 0. The summed E-state index contributed by atoms with van der Waals surface area (Å²) in [6.45, 7) is 5.53. The topological polar surface area (TPSA) is 74.0 Å². The van der Waals surface area contributed by atoms with Crippen molar-refractivity contribution in [2.24, 2.45) is 5.73 Å². The normalized spacial score (nSPS) is 19.5. The number of carbonyl (C=O) groups is 1. The van der Waals surface area contributed by atoms with E-state index in [-0.39, 0.29) is 12.7 Å². The highest BCUT2D eigenvalue weighted by Crippen LogP contribution is 2.28. The predicted molar refractivity (Wildman–Crippen MR) is 83.0 cm³/mol. The number of primary amides is 1. The molecule has 1 unspecified atom stereocenters. The Bertz CT molecular complexity index is 507. The van der Waals surface area contributed by atoms with Crippen LogP contribution < -0.4 is 15.2 Å². The summed E-state index contributed by atoms with van der Waals surface area (Å²) in [4.78, 5) is 13.2. The van der Waals surface area contributed by atoms with Crippen LogP contribution in [0.1, 0.15) is 18.9 Å². The largest absolute Gasteiger partial charge is 0.493 e. The van der Waals surface area contributed by atoms with E-state index < -0.39 is 5.91 Å². The van der Waals surface area contributed by atoms with E-state index >= 15 is 0 Å². The van der Waals surface area contributed by atoms with Crippen molar-refractivity contribution < 1.29 is 19.0 Å². The number of hydrogen-bond donors (Lipinski definition) is 1. The van der Waals surface area contributed by atoms with Crippen molar-refractivity contribution >= 4 is 5.91 Å². The molecule has 0 aromatic heterocycles. The third-order valence-corrected chi connectivity index (χ3v) is 3.54. The molecule has 1 amide bonds. The van der Waals surface area contributed by atoms with E-state index in [2.05, 4.69) is 11.8 Å². The first-order chi connectivity index (χ1) is 10.6. The number of methoxy groups -OCH3 is 1. The van der Waals surface area contributed by atoms with E-state index in [0.29, 0.717) is 11.5 Å². The lowest BCUT2D eigenvalue weighted by atomic mass is 10.1. The number of hydrogen-bond acceptors (Lipinski definition) is 5. The third kappa shape index (κ3) is 4.89. The van der Waals surface area contributed by atoms with E-state index in [1.165, 1.54) is 0 Å². The molecule has 2 N–H and O–H groups in total. The molecule has 0 bridgehead atoms. The molecule has 22 heavy (non-hydrogen) atoms. The van der Waals surface area contributed by atoms with Crippen LogP contribution >= 0.6 is 0 Å². The monoisotopic (exact) mass is 308 g/mol. The van der Waals surface area contributed by atoms with E-state index in [4.69, 9.17) is 19.9 Å². The van der Waals surface area contributed by atoms with E-state index in [9.17, 15) is 4.79 Å². The first kappa shape index (κ1) is 16.6. The van der Waals surface area contributed by atoms with Gasteiger partial charge in [-0.05, 0) is 31.0 Å². The van der Waals surface area contributed by atoms with E-state index in [1.807, 2.05) is 18.2 Å². The third-order valence-electron chi connectivity index (χ3n) is 3.54. The van der Waals surface area contributed by atoms with Gasteiger partial charge in [0, 0.05) is 26.2 Å². The first-order valence-corrected chi connectivity index (χ1v) is 7.50. The molecule has 6 heteroatoms. The van der Waals surface area contributed by atoms with Gasteiger partial charge in [0.25, 0.3) is 5.91 Å². The molecule has 1 aromatic rings. The first-order valence-electron chi connectivity index (χ1n) is 7.50. The maximum absolute atomic E-state index is 10.8. The van der Waals surface area contributed by atoms with Crippen molar-refractivity contribution in [2.45, 2.75) is 26.0 Å². The Hall–Kier alpha value is -1.79. The summed E-state index contributed by atoms with van der Waals surface area (Å²) in [6, 6.07) is 5.73. The van der Waals surface area contributed by atoms with Crippen molar-refractivity contribution in [3.63, 3.8) is 0 Å². The number of nitrogens with zero attached hydrogens (tertiary/aromatic N) is 1. The van der Waals surface area contributed by atoms with Gasteiger partial charge in [0.1, 0.15) is 0 Å². The molecular weight excluding hydrogens is 284 g/mol. The fraction of sp³-hybridized carbons (Fsp3) is 0.562. The molecule has 122 valence electrons. The molecule has 1 aliphatic heterocycles. The molecule has 2 rings (SSSR count). The van der Waals surface area contributed by atoms with Crippen LogP contribution in [0.5, 0.6) is 11.5 Å². The van der Waals surface area contributed by atoms with Crippen LogP contribution in [0.3, 0.4) is 0 Å². The molecule has 0 spiro atoms. The van der Waals surface area contributed by atoms with Gasteiger partial charge in [-0.25, -0.2) is 0 Å². The molecule has 1 aliphatic rings. The van der Waals surface area contributed by atoms with Crippen LogP contribution in [-0.2, 0) is 16.1 Å². The highest BCUT2D eigenvalue weighted by molar-refractivity contribution is 5.75. The maximum atomic E-state index is 10.8. The molecule has 1 saturated heterocycles. The number of rotatable bonds is 6. The number of nitrogens with two attached hydrogens (primary N) is 1. The second kappa shape index (κ2) is 8.00. The Morgan fingerprint density at radius 2 is 2.27 bits per heavy atom. The summed E-state index contributed by atoms with van der Waals surface area (Å²) in [5, 5.41) is 0. The SMILES string of the molecule is COc1cc(CN2CCCOC(C)C2)ccc1OCC(N)=O. The number of amides is 1. The van der Waals surface area contributed by atoms with Crippen molar-refractivity contribution in [3.05, 3.63) is 23.8 Å². The number of carbonyl (C=O) groups excluding carboxylic acids is 1. The molecule has 6 nitrogen and oxygen atoms in total. The standard InChI is InChI=1S/C16H24N2O4/c1-12-9-18(6-3-7-21-12)10-13-4-5-14(15(8-13)20-2)22-11-16(17)19/h4-5,8,12H,3,6-7,9-11H2,1-2H3,(H2,17,19). The molecule has 0 saturated carbocycles. The Labute approximate surface area is 131 Å². The highest BCUT2D eigenvalue weighted by Gasteiger charge is 2.16. The van der Waals surface area contributed by atoms with Gasteiger partial charge >= 0.3 is 0 Å². The van der Waals surface area contributed by atoms with Gasteiger partial charge < -0.3 is 19.9 Å². The van der Waals surface area contributed by atoms with Gasteiger partial charge in [0.05, 0.1) is 13.2 Å². The summed E-state index contributed by atoms with van der Waals surface area (Å²) in [6.07, 6.45) is 1.30. The van der Waals surface area contributed by atoms with Crippen molar-refractivity contribution in [1.29, 1.82) is 0 Å². The Balaban J connectivity index is 2.03. The summed E-state index contributed by atoms with van der Waals surface area (Å²) in [5.41, 5.74) is 6.23. The molecule has 1 fully saturated rings. The minimum absolute atomic E-state index is 0.156. The van der Waals surface area contributed by atoms with Crippen LogP contribution in [0.25, 0.3) is 0 Å². The fourth-order valence-electron chi connectivity index (χ4n) is 2.56. The minimum atomic E-state index is -0.510. The fourth-order valence-corrected chi connectivity index (χ4v) is 2.56. The molecule has 1 aromatic carbocycles. The average molecular weight is 308 g/mol. The van der Waals surface area contributed by atoms with Gasteiger partial charge in [-0.1, -0.05) is 6.07 Å². The average Bonchev–Trinajstić information content (AvgIpc) is 2.69. The minimum Gasteiger partial charge on any atom is -0.493 e. The van der Waals surface area contributed by atoms with Gasteiger partial charge in [-0.2, -0.15) is 0 Å². The van der Waals surface area contributed by atoms with Crippen LogP contribution in [0.4, 0.5) is 0 Å². The van der Waals surface area contributed by atoms with Crippen molar-refractivity contribution in [1.82, 2.24) is 4.90 Å². The zero-order chi connectivity index (χ0) is 15.9. The van der Waals surface area contributed by atoms with Crippen LogP contribution in [0, 0.1) is 0 Å². The van der Waals surface area contributed by atoms with Crippen LogP contribution in [-0.4, -0.2) is 50.3 Å². The van der Waals surface area contributed by atoms with Crippen molar-refractivity contribution in [2.75, 3.05) is 33.4 Å². The second-order valence-corrected chi connectivity index (χ2v) is 5.51. The van der Waals surface area contributed by atoms with Gasteiger partial charge in [-0.3, -0.25) is 9.69 Å². The summed E-state index contributed by atoms with van der Waals surface area (Å²) in [5.74, 6) is 0.625. The lowest BCUT2D eigenvalue weighted by molar-refractivity contribution is -0.119. The maximum Gasteiger partial charge on any atom is 0.255 e. The van der Waals surface area contributed by atoms with E-state index in [0.717, 1.165) is 38.2 Å². The lowest BCUT2D eigenvalue weighted by Gasteiger charge is -2.22. The lowest BCUT2D eigenvalue weighted by Crippen LogP contribution is -2.29. The summed E-state index contributed by atoms with van der Waals surface area (Å²) in [7, 11) is 1.58. The Morgan fingerprint density at radius 1 is 1.45 bits per heavy atom. The number of benzene rings is 1.